The molecule has 1 aliphatic heterocycles. The molecule has 3 rings (SSSR count). The van der Waals surface area contributed by atoms with E-state index in [9.17, 15) is 5.11 Å². The van der Waals surface area contributed by atoms with Crippen LogP contribution < -0.4 is 4.74 Å². The lowest BCUT2D eigenvalue weighted by molar-refractivity contribution is 0.00930. The second-order valence-electron chi connectivity index (χ2n) is 6.09. The third kappa shape index (κ3) is 2.93. The Bertz CT molecular complexity index is 484. The summed E-state index contributed by atoms with van der Waals surface area (Å²) in [5.41, 5.74) is 2.63. The molecule has 1 aliphatic carbocycles. The third-order valence-corrected chi connectivity index (χ3v) is 4.99. The number of aliphatic hydroxyl groups excluding tert-OH is 1. The summed E-state index contributed by atoms with van der Waals surface area (Å²) >= 11 is 0. The van der Waals surface area contributed by atoms with Gasteiger partial charge in [-0.15, -0.1) is 0 Å². The van der Waals surface area contributed by atoms with Gasteiger partial charge in [0.15, 0.2) is 0 Å². The molecule has 1 aromatic carbocycles. The molecule has 116 valence electrons. The van der Waals surface area contributed by atoms with Gasteiger partial charge in [0.1, 0.15) is 5.75 Å². The first-order chi connectivity index (χ1) is 10.2. The van der Waals surface area contributed by atoms with Crippen LogP contribution in [0.2, 0.25) is 0 Å². The first-order valence-corrected chi connectivity index (χ1v) is 8.04. The lowest BCUT2D eigenvalue weighted by Crippen LogP contribution is -2.50. The summed E-state index contributed by atoms with van der Waals surface area (Å²) in [7, 11) is 1.70. The summed E-state index contributed by atoms with van der Waals surface area (Å²) in [6, 6.07) is 6.44. The van der Waals surface area contributed by atoms with Crippen LogP contribution in [0.25, 0.3) is 0 Å². The number of nitrogens with zero attached hydrogens (tertiary/aromatic N) is 2. The van der Waals surface area contributed by atoms with Gasteiger partial charge in [0.25, 0.3) is 0 Å². The molecule has 1 aromatic rings. The first kappa shape index (κ1) is 14.8. The lowest BCUT2D eigenvalue weighted by atomic mass is 9.84. The minimum Gasteiger partial charge on any atom is -0.497 e. The van der Waals surface area contributed by atoms with E-state index in [1.807, 2.05) is 6.07 Å². The molecular weight excluding hydrogens is 264 g/mol. The molecule has 1 saturated heterocycles. The number of aliphatic hydroxyl groups is 1. The van der Waals surface area contributed by atoms with E-state index in [2.05, 4.69) is 28.9 Å². The van der Waals surface area contributed by atoms with Gasteiger partial charge in [-0.25, -0.2) is 0 Å². The minimum absolute atomic E-state index is 0.128. The maximum absolute atomic E-state index is 10.6. The van der Waals surface area contributed by atoms with Crippen LogP contribution in [0.3, 0.4) is 0 Å². The van der Waals surface area contributed by atoms with Gasteiger partial charge in [-0.2, -0.15) is 0 Å². The number of piperazine rings is 1. The standard InChI is InChI=1S/C17H26N2O2/c1-3-18-8-10-19(11-9-18)17-15-12-14(21-2)6-4-13(15)5-7-16(17)20/h4,6,12,16-17,20H,3,5,7-11H2,1-2H3. The number of ether oxygens (including phenoxy) is 1. The molecule has 0 bridgehead atoms. The summed E-state index contributed by atoms with van der Waals surface area (Å²) in [4.78, 5) is 4.92. The fourth-order valence-corrected chi connectivity index (χ4v) is 3.67. The van der Waals surface area contributed by atoms with Crippen LogP contribution in [0.5, 0.6) is 5.75 Å². The highest BCUT2D eigenvalue weighted by Crippen LogP contribution is 2.37. The van der Waals surface area contributed by atoms with Gasteiger partial charge < -0.3 is 14.7 Å². The highest BCUT2D eigenvalue weighted by atomic mass is 16.5. The molecule has 1 heterocycles. The van der Waals surface area contributed by atoms with E-state index in [0.717, 1.165) is 51.3 Å². The van der Waals surface area contributed by atoms with Crippen LogP contribution in [-0.4, -0.2) is 60.8 Å². The monoisotopic (exact) mass is 290 g/mol. The van der Waals surface area contributed by atoms with Crippen molar-refractivity contribution in [2.24, 2.45) is 0 Å². The topological polar surface area (TPSA) is 35.9 Å². The Labute approximate surface area is 127 Å². The molecule has 2 atom stereocenters. The minimum atomic E-state index is -0.266. The van der Waals surface area contributed by atoms with E-state index in [1.165, 1.54) is 11.1 Å². The van der Waals surface area contributed by atoms with Crippen LogP contribution in [0.1, 0.15) is 30.5 Å². The Hall–Kier alpha value is -1.10. The smallest absolute Gasteiger partial charge is 0.119 e. The summed E-state index contributed by atoms with van der Waals surface area (Å²) in [5.74, 6) is 0.889. The number of hydrogen-bond donors (Lipinski definition) is 1. The summed E-state index contributed by atoms with van der Waals surface area (Å²) < 4.78 is 5.38. The van der Waals surface area contributed by atoms with Crippen LogP contribution in [-0.2, 0) is 6.42 Å². The molecule has 0 spiro atoms. The van der Waals surface area contributed by atoms with Crippen molar-refractivity contribution in [1.82, 2.24) is 9.80 Å². The molecular formula is C17H26N2O2. The number of likely N-dealkylation sites (N-methyl/N-ethyl adjacent to an activating group) is 1. The first-order valence-electron chi connectivity index (χ1n) is 8.04. The summed E-state index contributed by atoms with van der Waals surface area (Å²) in [5, 5.41) is 10.6. The Balaban J connectivity index is 1.85. The predicted molar refractivity (Wildman–Crippen MR) is 83.7 cm³/mol. The van der Waals surface area contributed by atoms with Gasteiger partial charge in [-0.1, -0.05) is 13.0 Å². The average molecular weight is 290 g/mol. The molecule has 0 radical (unpaired) electrons. The van der Waals surface area contributed by atoms with Gasteiger partial charge in [-0.05, 0) is 42.6 Å². The maximum Gasteiger partial charge on any atom is 0.119 e. The molecule has 1 N–H and O–H groups in total. The number of benzene rings is 1. The highest BCUT2D eigenvalue weighted by molar-refractivity contribution is 5.40. The molecule has 0 saturated carbocycles. The van der Waals surface area contributed by atoms with E-state index in [1.54, 1.807) is 7.11 Å². The van der Waals surface area contributed by atoms with Crippen molar-refractivity contribution in [3.63, 3.8) is 0 Å². The maximum atomic E-state index is 10.6. The zero-order valence-electron chi connectivity index (χ0n) is 13.1. The van der Waals surface area contributed by atoms with Crippen molar-refractivity contribution in [3.05, 3.63) is 29.3 Å². The van der Waals surface area contributed by atoms with Gasteiger partial charge >= 0.3 is 0 Å². The van der Waals surface area contributed by atoms with Crippen LogP contribution >= 0.6 is 0 Å². The van der Waals surface area contributed by atoms with E-state index in [0.29, 0.717) is 0 Å². The number of fused-ring (bicyclic) bond motifs is 1. The van der Waals surface area contributed by atoms with E-state index in [-0.39, 0.29) is 12.1 Å². The lowest BCUT2D eigenvalue weighted by Gasteiger charge is -2.43. The van der Waals surface area contributed by atoms with Crippen LogP contribution in [0.15, 0.2) is 18.2 Å². The molecule has 4 nitrogen and oxygen atoms in total. The largest absolute Gasteiger partial charge is 0.497 e. The summed E-state index contributed by atoms with van der Waals surface area (Å²) in [6.45, 7) is 7.59. The van der Waals surface area contributed by atoms with Gasteiger partial charge in [0.05, 0.1) is 19.3 Å². The quantitative estimate of drug-likeness (QED) is 0.919. The van der Waals surface area contributed by atoms with Crippen LogP contribution in [0, 0.1) is 0 Å². The average Bonchev–Trinajstić information content (AvgIpc) is 2.54. The second-order valence-corrected chi connectivity index (χ2v) is 6.09. The van der Waals surface area contributed by atoms with Crippen LogP contribution in [0.4, 0.5) is 0 Å². The molecule has 0 amide bonds. The zero-order chi connectivity index (χ0) is 14.8. The van der Waals surface area contributed by atoms with Crippen molar-refractivity contribution >= 4 is 0 Å². The van der Waals surface area contributed by atoms with E-state index in [4.69, 9.17) is 4.74 Å². The SMILES string of the molecule is CCN1CCN(C2c3cc(OC)ccc3CCC2O)CC1. The second kappa shape index (κ2) is 6.34. The van der Waals surface area contributed by atoms with Gasteiger partial charge in [-0.3, -0.25) is 4.90 Å². The molecule has 2 aliphatic rings. The third-order valence-electron chi connectivity index (χ3n) is 4.99. The van der Waals surface area contributed by atoms with E-state index >= 15 is 0 Å². The zero-order valence-corrected chi connectivity index (χ0v) is 13.1. The fraction of sp³-hybridized carbons (Fsp3) is 0.647. The van der Waals surface area contributed by atoms with Crippen molar-refractivity contribution < 1.29 is 9.84 Å². The van der Waals surface area contributed by atoms with Crippen molar-refractivity contribution in [2.45, 2.75) is 31.9 Å². The molecule has 21 heavy (non-hydrogen) atoms. The van der Waals surface area contributed by atoms with E-state index < -0.39 is 0 Å². The van der Waals surface area contributed by atoms with Crippen molar-refractivity contribution in [3.8, 4) is 5.75 Å². The number of hydrogen-bond acceptors (Lipinski definition) is 4. The normalized spacial score (nSPS) is 27.4. The highest BCUT2D eigenvalue weighted by Gasteiger charge is 2.34. The summed E-state index contributed by atoms with van der Waals surface area (Å²) in [6.07, 6.45) is 1.56. The predicted octanol–water partition coefficient (Wildman–Crippen LogP) is 1.68. The Morgan fingerprint density at radius 2 is 2.00 bits per heavy atom. The molecule has 1 fully saturated rings. The molecule has 0 aromatic heterocycles. The van der Waals surface area contributed by atoms with Crippen molar-refractivity contribution in [2.75, 3.05) is 39.8 Å². The fourth-order valence-electron chi connectivity index (χ4n) is 3.67. The number of aryl methyl sites for hydroxylation is 1. The number of methoxy groups -OCH3 is 1. The Morgan fingerprint density at radius 3 is 2.67 bits per heavy atom. The molecule has 4 heteroatoms. The van der Waals surface area contributed by atoms with Gasteiger partial charge in [0.2, 0.25) is 0 Å². The number of rotatable bonds is 3. The Kier molecular flexibility index (Phi) is 4.48. The molecule has 2 unspecified atom stereocenters. The Morgan fingerprint density at radius 1 is 1.24 bits per heavy atom. The van der Waals surface area contributed by atoms with Gasteiger partial charge in [0, 0.05) is 26.2 Å². The van der Waals surface area contributed by atoms with Crippen molar-refractivity contribution in [1.29, 1.82) is 0 Å².